The number of nitrogens with zero attached hydrogens (tertiary/aromatic N) is 4. The van der Waals surface area contributed by atoms with Gasteiger partial charge in [-0.15, -0.1) is 0 Å². The summed E-state index contributed by atoms with van der Waals surface area (Å²) in [6.07, 6.45) is 6.60. The highest BCUT2D eigenvalue weighted by Gasteiger charge is 2.25. The number of amides is 2. The summed E-state index contributed by atoms with van der Waals surface area (Å²) in [5, 5.41) is 7.59. The van der Waals surface area contributed by atoms with Crippen molar-refractivity contribution in [3.63, 3.8) is 0 Å². The van der Waals surface area contributed by atoms with Gasteiger partial charge in [0.25, 0.3) is 0 Å². The van der Waals surface area contributed by atoms with Crippen LogP contribution in [0.3, 0.4) is 0 Å². The zero-order chi connectivity index (χ0) is 22.5. The third kappa shape index (κ3) is 4.85. The Bertz CT molecular complexity index is 1090. The van der Waals surface area contributed by atoms with E-state index in [9.17, 15) is 14.0 Å². The minimum absolute atomic E-state index is 0.00374. The Morgan fingerprint density at radius 2 is 1.81 bits per heavy atom. The lowest BCUT2D eigenvalue weighted by Crippen LogP contribution is -2.42. The van der Waals surface area contributed by atoms with E-state index in [-0.39, 0.29) is 23.5 Å². The van der Waals surface area contributed by atoms with Gasteiger partial charge in [-0.05, 0) is 42.7 Å². The maximum atomic E-state index is 14.5. The Balaban J connectivity index is 1.44. The third-order valence-corrected chi connectivity index (χ3v) is 5.83. The van der Waals surface area contributed by atoms with E-state index < -0.39 is 0 Å². The minimum Gasteiger partial charge on any atom is -0.354 e. The van der Waals surface area contributed by atoms with Crippen LogP contribution in [0.15, 0.2) is 55.0 Å². The molecule has 0 bridgehead atoms. The van der Waals surface area contributed by atoms with Gasteiger partial charge in [0.15, 0.2) is 0 Å². The van der Waals surface area contributed by atoms with E-state index in [1.165, 1.54) is 6.07 Å². The van der Waals surface area contributed by atoms with Crippen LogP contribution in [-0.2, 0) is 16.1 Å². The number of carbonyl (C=O) groups excluding carboxylic acids is 2. The summed E-state index contributed by atoms with van der Waals surface area (Å²) in [4.78, 5) is 29.8. The molecule has 2 aromatic heterocycles. The van der Waals surface area contributed by atoms with E-state index in [4.69, 9.17) is 0 Å². The second-order valence-electron chi connectivity index (χ2n) is 7.94. The molecule has 7 nitrogen and oxygen atoms in total. The molecular formula is C24H26FN5O2. The van der Waals surface area contributed by atoms with E-state index in [0.717, 1.165) is 11.1 Å². The Morgan fingerprint density at radius 1 is 1.09 bits per heavy atom. The van der Waals surface area contributed by atoms with Gasteiger partial charge in [0.1, 0.15) is 11.5 Å². The zero-order valence-corrected chi connectivity index (χ0v) is 18.0. The van der Waals surface area contributed by atoms with Crippen molar-refractivity contribution in [2.75, 3.05) is 19.6 Å². The average Bonchev–Trinajstić information content (AvgIpc) is 3.24. The molecule has 4 rings (SSSR count). The van der Waals surface area contributed by atoms with Gasteiger partial charge >= 0.3 is 0 Å². The third-order valence-electron chi connectivity index (χ3n) is 5.83. The van der Waals surface area contributed by atoms with Gasteiger partial charge in [-0.3, -0.25) is 19.3 Å². The lowest BCUT2D eigenvalue weighted by Gasteiger charge is -2.30. The Morgan fingerprint density at radius 3 is 2.50 bits per heavy atom. The summed E-state index contributed by atoms with van der Waals surface area (Å²) in [5.41, 5.74) is 2.68. The maximum Gasteiger partial charge on any atom is 0.223 e. The van der Waals surface area contributed by atoms with Crippen LogP contribution in [0.2, 0.25) is 0 Å². The smallest absolute Gasteiger partial charge is 0.223 e. The van der Waals surface area contributed by atoms with Gasteiger partial charge in [-0.1, -0.05) is 12.1 Å². The van der Waals surface area contributed by atoms with Crippen molar-refractivity contribution >= 4 is 11.8 Å². The van der Waals surface area contributed by atoms with Crippen LogP contribution in [0.5, 0.6) is 0 Å². The quantitative estimate of drug-likeness (QED) is 0.645. The fraction of sp³-hybridized carbons (Fsp3) is 0.333. The molecule has 0 saturated carbocycles. The molecule has 1 aromatic carbocycles. The molecular weight excluding hydrogens is 409 g/mol. The number of piperidine rings is 1. The predicted octanol–water partition coefficient (Wildman–Crippen LogP) is 3.13. The fourth-order valence-corrected chi connectivity index (χ4v) is 4.03. The number of carbonyl (C=O) groups is 2. The number of benzene rings is 1. The topological polar surface area (TPSA) is 80.1 Å². The van der Waals surface area contributed by atoms with Gasteiger partial charge in [0, 0.05) is 62.2 Å². The summed E-state index contributed by atoms with van der Waals surface area (Å²) < 4.78 is 16.2. The van der Waals surface area contributed by atoms with Crippen LogP contribution in [0, 0.1) is 11.7 Å². The summed E-state index contributed by atoms with van der Waals surface area (Å²) >= 11 is 0. The molecule has 0 radical (unpaired) electrons. The lowest BCUT2D eigenvalue weighted by atomic mass is 9.96. The minimum atomic E-state index is -0.335. The van der Waals surface area contributed by atoms with Crippen molar-refractivity contribution in [2.45, 2.75) is 26.3 Å². The second kappa shape index (κ2) is 9.72. The van der Waals surface area contributed by atoms with Crippen LogP contribution in [0.1, 0.15) is 19.8 Å². The predicted molar refractivity (Wildman–Crippen MR) is 119 cm³/mol. The van der Waals surface area contributed by atoms with Gasteiger partial charge in [-0.2, -0.15) is 5.10 Å². The standard InChI is InChI=1S/C24H26FN5O2/c1-17(31)29-13-8-19(9-14-29)24(32)27-12-15-30-16-21(18-6-10-26-11-7-18)23(28-30)20-4-2-3-5-22(20)25/h2-7,10-11,16,19H,8-9,12-15H2,1H3,(H,27,32). The highest BCUT2D eigenvalue weighted by molar-refractivity contribution is 5.81. The monoisotopic (exact) mass is 435 g/mol. The largest absolute Gasteiger partial charge is 0.354 e. The summed E-state index contributed by atoms with van der Waals surface area (Å²) in [6, 6.07) is 10.3. The molecule has 0 atom stereocenters. The normalized spacial score (nSPS) is 14.4. The molecule has 8 heteroatoms. The molecule has 32 heavy (non-hydrogen) atoms. The second-order valence-corrected chi connectivity index (χ2v) is 7.94. The maximum absolute atomic E-state index is 14.5. The van der Waals surface area contributed by atoms with E-state index in [1.807, 2.05) is 18.3 Å². The van der Waals surface area contributed by atoms with E-state index in [0.29, 0.717) is 50.3 Å². The Kier molecular flexibility index (Phi) is 6.58. The molecule has 166 valence electrons. The van der Waals surface area contributed by atoms with Crippen molar-refractivity contribution in [1.29, 1.82) is 0 Å². The van der Waals surface area contributed by atoms with Crippen LogP contribution >= 0.6 is 0 Å². The van der Waals surface area contributed by atoms with Crippen molar-refractivity contribution in [1.82, 2.24) is 25.0 Å². The highest BCUT2D eigenvalue weighted by atomic mass is 19.1. The van der Waals surface area contributed by atoms with Gasteiger partial charge in [0.05, 0.1) is 6.54 Å². The van der Waals surface area contributed by atoms with Crippen molar-refractivity contribution in [3.8, 4) is 22.4 Å². The number of pyridine rings is 1. The average molecular weight is 436 g/mol. The van der Waals surface area contributed by atoms with Crippen molar-refractivity contribution in [3.05, 3.63) is 60.8 Å². The highest BCUT2D eigenvalue weighted by Crippen LogP contribution is 2.32. The molecule has 1 saturated heterocycles. The van der Waals surface area contributed by atoms with E-state index >= 15 is 0 Å². The molecule has 0 aliphatic carbocycles. The van der Waals surface area contributed by atoms with Gasteiger partial charge in [0.2, 0.25) is 11.8 Å². The summed E-state index contributed by atoms with van der Waals surface area (Å²) in [5.74, 6) is -0.356. The van der Waals surface area contributed by atoms with Crippen LogP contribution in [-0.4, -0.2) is 51.1 Å². The Labute approximate surface area is 186 Å². The molecule has 1 aliphatic heterocycles. The lowest BCUT2D eigenvalue weighted by molar-refractivity contribution is -0.133. The van der Waals surface area contributed by atoms with Crippen LogP contribution in [0.4, 0.5) is 4.39 Å². The molecule has 0 spiro atoms. The SMILES string of the molecule is CC(=O)N1CCC(C(=O)NCCn2cc(-c3ccncc3)c(-c3ccccc3F)n2)CC1. The fourth-order valence-electron chi connectivity index (χ4n) is 4.03. The molecule has 3 heterocycles. The Hall–Kier alpha value is -3.55. The number of hydrogen-bond donors (Lipinski definition) is 1. The first-order valence-corrected chi connectivity index (χ1v) is 10.8. The molecule has 2 amide bonds. The number of nitrogens with one attached hydrogen (secondary N) is 1. The van der Waals surface area contributed by atoms with Gasteiger partial charge in [-0.25, -0.2) is 4.39 Å². The first kappa shape index (κ1) is 21.7. The number of halogens is 1. The number of aromatic nitrogens is 3. The molecule has 1 fully saturated rings. The molecule has 1 N–H and O–H groups in total. The molecule has 0 unspecified atom stereocenters. The van der Waals surface area contributed by atoms with Crippen LogP contribution < -0.4 is 5.32 Å². The first-order chi connectivity index (χ1) is 15.5. The van der Waals surface area contributed by atoms with Gasteiger partial charge < -0.3 is 10.2 Å². The van der Waals surface area contributed by atoms with Crippen molar-refractivity contribution in [2.24, 2.45) is 5.92 Å². The molecule has 1 aliphatic rings. The number of likely N-dealkylation sites (tertiary alicyclic amines) is 1. The van der Waals surface area contributed by atoms with E-state index in [2.05, 4.69) is 15.4 Å². The first-order valence-electron chi connectivity index (χ1n) is 10.8. The number of rotatable bonds is 6. The van der Waals surface area contributed by atoms with Crippen molar-refractivity contribution < 1.29 is 14.0 Å². The molecule has 3 aromatic rings. The summed E-state index contributed by atoms with van der Waals surface area (Å²) in [6.45, 7) is 3.67. The number of hydrogen-bond acceptors (Lipinski definition) is 4. The summed E-state index contributed by atoms with van der Waals surface area (Å²) in [7, 11) is 0. The van der Waals surface area contributed by atoms with E-state index in [1.54, 1.807) is 47.1 Å². The van der Waals surface area contributed by atoms with Crippen LogP contribution in [0.25, 0.3) is 22.4 Å². The zero-order valence-electron chi connectivity index (χ0n) is 18.0.